The Morgan fingerprint density at radius 1 is 1.35 bits per heavy atom. The first-order chi connectivity index (χ1) is 9.79. The molecule has 0 bridgehead atoms. The van der Waals surface area contributed by atoms with Gasteiger partial charge >= 0.3 is 0 Å². The Morgan fingerprint density at radius 3 is 3.05 bits per heavy atom. The Bertz CT molecular complexity index is 483. The zero-order valence-electron chi connectivity index (χ0n) is 11.9. The first-order valence-corrected chi connectivity index (χ1v) is 7.17. The van der Waals surface area contributed by atoms with Gasteiger partial charge in [-0.05, 0) is 48.9 Å². The number of rotatable bonds is 7. The molecule has 1 aromatic rings. The van der Waals surface area contributed by atoms with Crippen LogP contribution in [0.1, 0.15) is 24.0 Å². The molecule has 0 saturated carbocycles. The minimum atomic E-state index is 0.440. The molecule has 0 heterocycles. The number of anilines is 1. The van der Waals surface area contributed by atoms with E-state index in [0.717, 1.165) is 12.1 Å². The van der Waals surface area contributed by atoms with Crippen molar-refractivity contribution in [3.63, 3.8) is 0 Å². The van der Waals surface area contributed by atoms with E-state index in [1.165, 1.54) is 30.4 Å². The first kappa shape index (κ1) is 14.6. The zero-order chi connectivity index (χ0) is 14.2. The quantitative estimate of drug-likeness (QED) is 0.347. The van der Waals surface area contributed by atoms with Crippen molar-refractivity contribution in [3.05, 3.63) is 42.0 Å². The van der Waals surface area contributed by atoms with Gasteiger partial charge in [-0.2, -0.15) is 0 Å². The molecular weight excluding hydrogens is 250 g/mol. The standard InChI is InChI=1S/C16H23N3O/c1-2-3-10-20-11-9-18-16(17)19-15-8-7-13-5-4-6-14(13)12-15/h2,7-8,12H,1,3-6,9-11H2,(H3,17,18,19). The predicted molar refractivity (Wildman–Crippen MR) is 84.2 cm³/mol. The molecule has 2 rings (SSSR count). The second-order valence-corrected chi connectivity index (χ2v) is 4.92. The van der Waals surface area contributed by atoms with Crippen molar-refractivity contribution in [2.75, 3.05) is 25.1 Å². The summed E-state index contributed by atoms with van der Waals surface area (Å²) in [5, 5.41) is 3.13. The van der Waals surface area contributed by atoms with Crippen LogP contribution in [-0.2, 0) is 17.6 Å². The lowest BCUT2D eigenvalue weighted by Gasteiger charge is -2.08. The van der Waals surface area contributed by atoms with Crippen molar-refractivity contribution in [1.29, 1.82) is 0 Å². The van der Waals surface area contributed by atoms with E-state index >= 15 is 0 Å². The van der Waals surface area contributed by atoms with Crippen LogP contribution < -0.4 is 11.1 Å². The van der Waals surface area contributed by atoms with E-state index in [9.17, 15) is 0 Å². The summed E-state index contributed by atoms with van der Waals surface area (Å²) >= 11 is 0. The van der Waals surface area contributed by atoms with Gasteiger partial charge in [0.05, 0.1) is 19.8 Å². The molecule has 0 fully saturated rings. The maximum absolute atomic E-state index is 5.86. The lowest BCUT2D eigenvalue weighted by molar-refractivity contribution is 0.146. The van der Waals surface area contributed by atoms with Crippen LogP contribution in [0.3, 0.4) is 0 Å². The Kier molecular flexibility index (Phi) is 5.62. The summed E-state index contributed by atoms with van der Waals surface area (Å²) in [7, 11) is 0. The molecule has 0 aliphatic heterocycles. The fraction of sp³-hybridized carbons (Fsp3) is 0.438. The summed E-state index contributed by atoms with van der Waals surface area (Å²) in [6.45, 7) is 5.49. The van der Waals surface area contributed by atoms with Gasteiger partial charge in [0, 0.05) is 5.69 Å². The van der Waals surface area contributed by atoms with Gasteiger partial charge in [0.2, 0.25) is 0 Å². The van der Waals surface area contributed by atoms with Gasteiger partial charge in [0.25, 0.3) is 0 Å². The lowest BCUT2D eigenvalue weighted by Crippen LogP contribution is -2.23. The van der Waals surface area contributed by atoms with Crippen LogP contribution in [0.15, 0.2) is 35.8 Å². The Balaban J connectivity index is 1.76. The highest BCUT2D eigenvalue weighted by Crippen LogP contribution is 2.24. The maximum atomic E-state index is 5.86. The summed E-state index contributed by atoms with van der Waals surface area (Å²) in [4.78, 5) is 4.24. The van der Waals surface area contributed by atoms with Crippen LogP contribution >= 0.6 is 0 Å². The number of hydrogen-bond donors (Lipinski definition) is 2. The molecule has 0 unspecified atom stereocenters. The Hall–Kier alpha value is -1.81. The number of ether oxygens (including phenoxy) is 1. The van der Waals surface area contributed by atoms with Gasteiger partial charge in [-0.3, -0.25) is 4.99 Å². The molecule has 0 spiro atoms. The van der Waals surface area contributed by atoms with Crippen molar-refractivity contribution in [2.45, 2.75) is 25.7 Å². The highest BCUT2D eigenvalue weighted by molar-refractivity contribution is 5.92. The molecule has 1 aromatic carbocycles. The number of guanidine groups is 1. The maximum Gasteiger partial charge on any atom is 0.193 e. The number of benzene rings is 1. The SMILES string of the molecule is C=CCCOCCN=C(N)Nc1ccc2c(c1)CCC2. The van der Waals surface area contributed by atoms with Crippen molar-refractivity contribution < 1.29 is 4.74 Å². The van der Waals surface area contributed by atoms with E-state index in [1.54, 1.807) is 0 Å². The van der Waals surface area contributed by atoms with Crippen molar-refractivity contribution in [1.82, 2.24) is 0 Å². The summed E-state index contributed by atoms with van der Waals surface area (Å²) in [5.41, 5.74) is 9.76. The third-order valence-electron chi connectivity index (χ3n) is 3.35. The number of nitrogens with two attached hydrogens (primary N) is 1. The summed E-state index contributed by atoms with van der Waals surface area (Å²) in [6.07, 6.45) is 6.32. The molecule has 20 heavy (non-hydrogen) atoms. The molecule has 0 atom stereocenters. The number of fused-ring (bicyclic) bond motifs is 1. The van der Waals surface area contributed by atoms with Gasteiger partial charge in [0.1, 0.15) is 0 Å². The summed E-state index contributed by atoms with van der Waals surface area (Å²) in [6, 6.07) is 6.41. The highest BCUT2D eigenvalue weighted by atomic mass is 16.5. The molecule has 108 valence electrons. The number of hydrogen-bond acceptors (Lipinski definition) is 2. The topological polar surface area (TPSA) is 59.6 Å². The van der Waals surface area contributed by atoms with E-state index < -0.39 is 0 Å². The van der Waals surface area contributed by atoms with Crippen LogP contribution in [0.5, 0.6) is 0 Å². The van der Waals surface area contributed by atoms with E-state index in [0.29, 0.717) is 25.7 Å². The Labute approximate surface area is 120 Å². The number of aryl methyl sites for hydroxylation is 2. The lowest BCUT2D eigenvalue weighted by atomic mass is 10.1. The number of aliphatic imine (C=N–C) groups is 1. The molecular formula is C16H23N3O. The second-order valence-electron chi connectivity index (χ2n) is 4.92. The van der Waals surface area contributed by atoms with Gasteiger partial charge in [0.15, 0.2) is 5.96 Å². The first-order valence-electron chi connectivity index (χ1n) is 7.17. The molecule has 1 aliphatic carbocycles. The van der Waals surface area contributed by atoms with Crippen LogP contribution in [0, 0.1) is 0 Å². The second kappa shape index (κ2) is 7.70. The van der Waals surface area contributed by atoms with Crippen LogP contribution in [0.4, 0.5) is 5.69 Å². The normalized spacial score (nSPS) is 14.1. The molecule has 4 heteroatoms. The summed E-state index contributed by atoms with van der Waals surface area (Å²) in [5.74, 6) is 0.440. The van der Waals surface area contributed by atoms with Gasteiger partial charge in [-0.15, -0.1) is 6.58 Å². The van der Waals surface area contributed by atoms with Crippen LogP contribution in [-0.4, -0.2) is 25.7 Å². The molecule has 4 nitrogen and oxygen atoms in total. The molecule has 1 aliphatic rings. The third kappa shape index (κ3) is 4.38. The minimum absolute atomic E-state index is 0.440. The van der Waals surface area contributed by atoms with E-state index in [2.05, 4.69) is 35.1 Å². The van der Waals surface area contributed by atoms with Crippen LogP contribution in [0.2, 0.25) is 0 Å². The van der Waals surface area contributed by atoms with E-state index in [-0.39, 0.29) is 0 Å². The molecule has 0 saturated heterocycles. The monoisotopic (exact) mass is 273 g/mol. The zero-order valence-corrected chi connectivity index (χ0v) is 11.9. The van der Waals surface area contributed by atoms with Crippen molar-refractivity contribution >= 4 is 11.6 Å². The van der Waals surface area contributed by atoms with Crippen molar-refractivity contribution in [3.8, 4) is 0 Å². The smallest absolute Gasteiger partial charge is 0.193 e. The largest absolute Gasteiger partial charge is 0.379 e. The fourth-order valence-corrected chi connectivity index (χ4v) is 2.34. The van der Waals surface area contributed by atoms with Gasteiger partial charge in [-0.25, -0.2) is 0 Å². The average molecular weight is 273 g/mol. The number of nitrogens with zero attached hydrogens (tertiary/aromatic N) is 1. The van der Waals surface area contributed by atoms with Gasteiger partial charge < -0.3 is 15.8 Å². The Morgan fingerprint density at radius 2 is 2.20 bits per heavy atom. The highest BCUT2D eigenvalue weighted by Gasteiger charge is 2.10. The van der Waals surface area contributed by atoms with E-state index in [1.807, 2.05) is 6.08 Å². The molecule has 0 aromatic heterocycles. The minimum Gasteiger partial charge on any atom is -0.379 e. The van der Waals surface area contributed by atoms with Crippen molar-refractivity contribution in [2.24, 2.45) is 10.7 Å². The average Bonchev–Trinajstić information content (AvgIpc) is 2.90. The summed E-state index contributed by atoms with van der Waals surface area (Å²) < 4.78 is 5.37. The molecule has 3 N–H and O–H groups in total. The predicted octanol–water partition coefficient (Wildman–Crippen LogP) is 2.49. The molecule has 0 amide bonds. The van der Waals surface area contributed by atoms with E-state index in [4.69, 9.17) is 10.5 Å². The van der Waals surface area contributed by atoms with Crippen LogP contribution in [0.25, 0.3) is 0 Å². The number of nitrogens with one attached hydrogen (secondary N) is 1. The molecule has 0 radical (unpaired) electrons. The fourth-order valence-electron chi connectivity index (χ4n) is 2.34. The third-order valence-corrected chi connectivity index (χ3v) is 3.35. The van der Waals surface area contributed by atoms with Gasteiger partial charge in [-0.1, -0.05) is 12.1 Å².